The molecular weight excluding hydrogens is 542 g/mol. The number of amides is 1. The Kier molecular flexibility index (Phi) is 6.92. The first-order chi connectivity index (χ1) is 18.4. The number of benzene rings is 2. The van der Waals surface area contributed by atoms with E-state index in [-0.39, 0.29) is 29.9 Å². The number of sulfonamides is 1. The highest BCUT2D eigenvalue weighted by atomic mass is 35.5. The summed E-state index contributed by atoms with van der Waals surface area (Å²) in [6.07, 6.45) is 5.26. The predicted molar refractivity (Wildman–Crippen MR) is 148 cm³/mol. The lowest BCUT2D eigenvalue weighted by molar-refractivity contribution is 0.0697. The maximum absolute atomic E-state index is 13.3. The highest BCUT2D eigenvalue weighted by molar-refractivity contribution is 7.89. The highest BCUT2D eigenvalue weighted by Gasteiger charge is 2.32. The molecule has 2 aromatic carbocycles. The summed E-state index contributed by atoms with van der Waals surface area (Å²) in [5.41, 5.74) is 2.14. The van der Waals surface area contributed by atoms with Crippen LogP contribution in [0.4, 0.5) is 0 Å². The van der Waals surface area contributed by atoms with Crippen LogP contribution in [0.1, 0.15) is 25.9 Å². The SMILES string of the molecule is O=C(c1nc2c(s1)CNC(Cc1cccnc1)C2)N1CCN(S(=O)(=O)c2ccc3cc(Cl)ccc3c2)CC1. The topological polar surface area (TPSA) is 95.5 Å². The van der Waals surface area contributed by atoms with Gasteiger partial charge in [0.05, 0.1) is 10.6 Å². The molecule has 4 heterocycles. The van der Waals surface area contributed by atoms with E-state index in [0.29, 0.717) is 29.7 Å². The minimum Gasteiger partial charge on any atom is -0.334 e. The Hall–Kier alpha value is -2.89. The van der Waals surface area contributed by atoms with E-state index in [1.54, 1.807) is 35.4 Å². The molecule has 0 saturated carbocycles. The molecule has 0 radical (unpaired) electrons. The summed E-state index contributed by atoms with van der Waals surface area (Å²) in [5, 5.41) is 6.33. The molecule has 4 aromatic rings. The van der Waals surface area contributed by atoms with Crippen LogP contribution in [-0.2, 0) is 29.4 Å². The Morgan fingerprint density at radius 2 is 1.87 bits per heavy atom. The van der Waals surface area contributed by atoms with E-state index >= 15 is 0 Å². The molecule has 0 spiro atoms. The molecule has 2 aromatic heterocycles. The molecule has 1 unspecified atom stereocenters. The first-order valence-electron chi connectivity index (χ1n) is 12.5. The van der Waals surface area contributed by atoms with Gasteiger partial charge in [0.2, 0.25) is 10.0 Å². The quantitative estimate of drug-likeness (QED) is 0.395. The molecule has 11 heteroatoms. The van der Waals surface area contributed by atoms with E-state index in [9.17, 15) is 13.2 Å². The van der Waals surface area contributed by atoms with Crippen LogP contribution >= 0.6 is 22.9 Å². The first-order valence-corrected chi connectivity index (χ1v) is 15.1. The molecule has 1 fully saturated rings. The van der Waals surface area contributed by atoms with E-state index in [2.05, 4.69) is 16.4 Å². The summed E-state index contributed by atoms with van der Waals surface area (Å²) in [5.74, 6) is -0.132. The number of hydrogen-bond acceptors (Lipinski definition) is 7. The normalized spacial score (nSPS) is 18.4. The van der Waals surface area contributed by atoms with Crippen molar-refractivity contribution in [2.75, 3.05) is 26.2 Å². The highest BCUT2D eigenvalue weighted by Crippen LogP contribution is 2.28. The molecule has 1 atom stereocenters. The van der Waals surface area contributed by atoms with Gasteiger partial charge in [0, 0.05) is 67.5 Å². The van der Waals surface area contributed by atoms with E-state index < -0.39 is 10.0 Å². The number of hydrogen-bond donors (Lipinski definition) is 1. The van der Waals surface area contributed by atoms with Crippen molar-refractivity contribution in [3.63, 3.8) is 0 Å². The van der Waals surface area contributed by atoms with Gasteiger partial charge in [-0.15, -0.1) is 11.3 Å². The Labute approximate surface area is 230 Å². The molecule has 2 aliphatic heterocycles. The number of halogens is 1. The van der Waals surface area contributed by atoms with Gasteiger partial charge in [-0.25, -0.2) is 13.4 Å². The fourth-order valence-corrected chi connectivity index (χ4v) is 7.68. The summed E-state index contributed by atoms with van der Waals surface area (Å²) >= 11 is 7.48. The van der Waals surface area contributed by atoms with E-state index in [1.165, 1.54) is 21.2 Å². The van der Waals surface area contributed by atoms with Gasteiger partial charge < -0.3 is 10.2 Å². The maximum Gasteiger partial charge on any atom is 0.282 e. The lowest BCUT2D eigenvalue weighted by atomic mass is 10.00. The fraction of sp³-hybridized carbons (Fsp3) is 0.296. The number of carbonyl (C=O) groups excluding carboxylic acids is 1. The van der Waals surface area contributed by atoms with Gasteiger partial charge in [-0.05, 0) is 53.1 Å². The number of fused-ring (bicyclic) bond motifs is 2. The van der Waals surface area contributed by atoms with Gasteiger partial charge in [-0.1, -0.05) is 29.8 Å². The summed E-state index contributed by atoms with van der Waals surface area (Å²) in [4.78, 5) is 25.2. The van der Waals surface area contributed by atoms with Crippen LogP contribution in [0.25, 0.3) is 10.8 Å². The molecule has 38 heavy (non-hydrogen) atoms. The zero-order valence-electron chi connectivity index (χ0n) is 20.5. The molecule has 1 amide bonds. The fourth-order valence-electron chi connectivity index (χ4n) is 5.03. The number of aromatic nitrogens is 2. The van der Waals surface area contributed by atoms with Crippen LogP contribution in [-0.4, -0.2) is 65.7 Å². The van der Waals surface area contributed by atoms with Gasteiger partial charge >= 0.3 is 0 Å². The van der Waals surface area contributed by atoms with Crippen molar-refractivity contribution in [1.82, 2.24) is 24.5 Å². The number of nitrogens with zero attached hydrogens (tertiary/aromatic N) is 4. The zero-order chi connectivity index (χ0) is 26.3. The van der Waals surface area contributed by atoms with Crippen LogP contribution in [0, 0.1) is 0 Å². The van der Waals surface area contributed by atoms with E-state index in [4.69, 9.17) is 16.6 Å². The van der Waals surface area contributed by atoms with E-state index in [1.807, 2.05) is 24.4 Å². The Morgan fingerprint density at radius 1 is 1.08 bits per heavy atom. The molecule has 6 rings (SSSR count). The third-order valence-electron chi connectivity index (χ3n) is 7.09. The van der Waals surface area contributed by atoms with Crippen LogP contribution < -0.4 is 5.32 Å². The van der Waals surface area contributed by atoms with Crippen LogP contribution in [0.2, 0.25) is 5.02 Å². The number of pyridine rings is 1. The van der Waals surface area contributed by atoms with Gasteiger partial charge in [0.25, 0.3) is 5.91 Å². The summed E-state index contributed by atoms with van der Waals surface area (Å²) in [7, 11) is -3.68. The second-order valence-corrected chi connectivity index (χ2v) is 13.0. The largest absolute Gasteiger partial charge is 0.334 e. The standard InChI is InChI=1S/C27H26ClN5O3S2/c28-21-5-3-20-14-23(6-4-19(20)13-21)38(35,36)33-10-8-32(9-11-33)27(34)26-31-24-15-22(30-17-25(24)37-26)12-18-2-1-7-29-16-18/h1-7,13-14,16,22,30H,8-12,15,17H2. The van der Waals surface area contributed by atoms with Crippen molar-refractivity contribution in [3.8, 4) is 0 Å². The smallest absolute Gasteiger partial charge is 0.282 e. The molecule has 1 N–H and O–H groups in total. The van der Waals surface area contributed by atoms with Gasteiger partial charge in [0.1, 0.15) is 0 Å². The number of rotatable bonds is 5. The average Bonchev–Trinajstić information content (AvgIpc) is 3.36. The van der Waals surface area contributed by atoms with Crippen LogP contribution in [0.3, 0.4) is 0 Å². The number of nitrogens with one attached hydrogen (secondary N) is 1. The number of thiazole rings is 1. The van der Waals surface area contributed by atoms with E-state index in [0.717, 1.165) is 34.2 Å². The van der Waals surface area contributed by atoms with Gasteiger partial charge in [-0.2, -0.15) is 4.31 Å². The Balaban J connectivity index is 1.10. The Morgan fingerprint density at radius 3 is 2.66 bits per heavy atom. The van der Waals surface area contributed by atoms with Crippen molar-refractivity contribution in [2.45, 2.75) is 30.3 Å². The van der Waals surface area contributed by atoms with Crippen LogP contribution in [0.15, 0.2) is 65.8 Å². The molecule has 2 aliphatic rings. The maximum atomic E-state index is 13.3. The molecular formula is C27H26ClN5O3S2. The van der Waals surface area contributed by atoms with Crippen molar-refractivity contribution < 1.29 is 13.2 Å². The monoisotopic (exact) mass is 567 g/mol. The summed E-state index contributed by atoms with van der Waals surface area (Å²) < 4.78 is 28.1. The number of piperazine rings is 1. The van der Waals surface area contributed by atoms with Crippen molar-refractivity contribution >= 4 is 49.6 Å². The third-order valence-corrected chi connectivity index (χ3v) is 10.3. The second-order valence-electron chi connectivity index (χ2n) is 9.59. The summed E-state index contributed by atoms with van der Waals surface area (Å²) in [6, 6.07) is 14.7. The minimum atomic E-state index is -3.68. The van der Waals surface area contributed by atoms with Crippen LogP contribution in [0.5, 0.6) is 0 Å². The van der Waals surface area contributed by atoms with Gasteiger partial charge in [-0.3, -0.25) is 9.78 Å². The lowest BCUT2D eigenvalue weighted by Gasteiger charge is -2.33. The Bertz CT molecular complexity index is 1600. The third kappa shape index (κ3) is 5.06. The second kappa shape index (κ2) is 10.3. The minimum absolute atomic E-state index is 0.132. The first kappa shape index (κ1) is 25.4. The molecule has 0 bridgehead atoms. The summed E-state index contributed by atoms with van der Waals surface area (Å²) in [6.45, 7) is 1.83. The van der Waals surface area contributed by atoms with Crippen molar-refractivity contribution in [2.24, 2.45) is 0 Å². The molecule has 8 nitrogen and oxygen atoms in total. The molecule has 1 saturated heterocycles. The molecule has 196 valence electrons. The predicted octanol–water partition coefficient (Wildman–Crippen LogP) is 3.75. The molecule has 0 aliphatic carbocycles. The van der Waals surface area contributed by atoms with Crippen molar-refractivity contribution in [1.29, 1.82) is 0 Å². The van der Waals surface area contributed by atoms with Crippen molar-refractivity contribution in [3.05, 3.63) is 87.1 Å². The zero-order valence-corrected chi connectivity index (χ0v) is 22.9. The average molecular weight is 568 g/mol. The van der Waals surface area contributed by atoms with Gasteiger partial charge in [0.15, 0.2) is 5.01 Å². The lowest BCUT2D eigenvalue weighted by Crippen LogP contribution is -2.50. The number of carbonyl (C=O) groups is 1.